The maximum Gasteiger partial charge on any atom is 0.300 e. The van der Waals surface area contributed by atoms with E-state index in [1.807, 2.05) is 54.9 Å². The van der Waals surface area contributed by atoms with Gasteiger partial charge < -0.3 is 24.9 Å². The lowest BCUT2D eigenvalue weighted by Gasteiger charge is -2.36. The Hall–Kier alpha value is -4.63. The fourth-order valence-corrected chi connectivity index (χ4v) is 5.02. The number of carboxylic acid groups (broad SMARTS) is 1. The highest BCUT2D eigenvalue weighted by Crippen LogP contribution is 2.41. The van der Waals surface area contributed by atoms with Crippen molar-refractivity contribution >= 4 is 17.0 Å². The molecule has 200 valence electrons. The van der Waals surface area contributed by atoms with Crippen molar-refractivity contribution in [2.45, 2.75) is 25.2 Å². The number of aliphatic carboxylic acids is 1. The molecule has 0 atom stereocenters. The molecule has 0 radical (unpaired) electrons. The summed E-state index contributed by atoms with van der Waals surface area (Å²) >= 11 is 0. The molecule has 1 aliphatic rings. The highest BCUT2D eigenvalue weighted by atomic mass is 16.5. The Morgan fingerprint density at radius 2 is 1.69 bits per heavy atom. The Kier molecular flexibility index (Phi) is 7.60. The lowest BCUT2D eigenvalue weighted by Crippen LogP contribution is -2.41. The van der Waals surface area contributed by atoms with Gasteiger partial charge in [-0.1, -0.05) is 36.4 Å². The number of benzene rings is 3. The number of imidazole rings is 1. The minimum Gasteiger partial charge on any atom is -0.493 e. The summed E-state index contributed by atoms with van der Waals surface area (Å²) in [5, 5.41) is 17.9. The molecule has 2 aromatic heterocycles. The molecule has 9 heteroatoms. The van der Waals surface area contributed by atoms with Gasteiger partial charge in [0.05, 0.1) is 29.8 Å². The van der Waals surface area contributed by atoms with Crippen molar-refractivity contribution in [3.63, 3.8) is 0 Å². The monoisotopic (exact) mass is 525 g/mol. The van der Waals surface area contributed by atoms with Crippen LogP contribution in [-0.4, -0.2) is 51.4 Å². The van der Waals surface area contributed by atoms with Gasteiger partial charge in [0.2, 0.25) is 0 Å². The van der Waals surface area contributed by atoms with Crippen LogP contribution in [0.5, 0.6) is 17.2 Å². The second-order valence-corrected chi connectivity index (χ2v) is 9.43. The minimum absolute atomic E-state index is 0.178. The topological polar surface area (TPSA) is 125 Å². The lowest BCUT2D eigenvalue weighted by atomic mass is 9.72. The van der Waals surface area contributed by atoms with Crippen molar-refractivity contribution in [3.05, 3.63) is 90.5 Å². The molecule has 0 spiro atoms. The Balaban J connectivity index is 0.000000723. The Morgan fingerprint density at radius 3 is 2.36 bits per heavy atom. The first-order valence-corrected chi connectivity index (χ1v) is 12.8. The number of carbonyl (C=O) groups is 1. The minimum atomic E-state index is -0.833. The van der Waals surface area contributed by atoms with Crippen LogP contribution in [-0.2, 0) is 10.2 Å². The van der Waals surface area contributed by atoms with Crippen LogP contribution in [0.2, 0.25) is 0 Å². The number of hydrogen-bond acceptors (Lipinski definition) is 6. The summed E-state index contributed by atoms with van der Waals surface area (Å²) in [5.74, 6) is 2.28. The number of aromatic nitrogens is 4. The summed E-state index contributed by atoms with van der Waals surface area (Å²) in [5.41, 5.74) is 5.22. The van der Waals surface area contributed by atoms with Crippen molar-refractivity contribution in [2.75, 3.05) is 20.2 Å². The zero-order chi connectivity index (χ0) is 27.2. The molecule has 4 N–H and O–H groups in total. The summed E-state index contributed by atoms with van der Waals surface area (Å²) in [7, 11) is 1.65. The summed E-state index contributed by atoms with van der Waals surface area (Å²) in [6, 6.07) is 22.4. The highest BCUT2D eigenvalue weighted by Gasteiger charge is 2.38. The van der Waals surface area contributed by atoms with E-state index in [1.54, 1.807) is 7.11 Å². The van der Waals surface area contributed by atoms with Gasteiger partial charge in [0.15, 0.2) is 11.5 Å². The summed E-state index contributed by atoms with van der Waals surface area (Å²) in [6.07, 6.45) is 5.71. The molecule has 6 rings (SSSR count). The molecule has 1 fully saturated rings. The van der Waals surface area contributed by atoms with Crippen LogP contribution >= 0.6 is 0 Å². The van der Waals surface area contributed by atoms with Crippen LogP contribution in [0, 0.1) is 0 Å². The highest BCUT2D eigenvalue weighted by molar-refractivity contribution is 5.77. The van der Waals surface area contributed by atoms with E-state index in [0.29, 0.717) is 11.5 Å². The van der Waals surface area contributed by atoms with E-state index in [1.165, 1.54) is 5.56 Å². The van der Waals surface area contributed by atoms with Crippen molar-refractivity contribution < 1.29 is 19.4 Å². The quantitative estimate of drug-likeness (QED) is 0.230. The average molecular weight is 526 g/mol. The molecule has 0 unspecified atom stereocenters. The molecule has 3 heterocycles. The van der Waals surface area contributed by atoms with E-state index in [4.69, 9.17) is 24.4 Å². The smallest absolute Gasteiger partial charge is 0.300 e. The number of ether oxygens (including phenoxy) is 2. The van der Waals surface area contributed by atoms with Gasteiger partial charge in [-0.25, -0.2) is 4.98 Å². The van der Waals surface area contributed by atoms with Gasteiger partial charge in [0.1, 0.15) is 11.6 Å². The fraction of sp³-hybridized carbons (Fsp3) is 0.233. The van der Waals surface area contributed by atoms with Crippen LogP contribution in [0.15, 0.2) is 79.1 Å². The second-order valence-electron chi connectivity index (χ2n) is 9.43. The van der Waals surface area contributed by atoms with Crippen molar-refractivity contribution in [1.29, 1.82) is 0 Å². The Morgan fingerprint density at radius 1 is 0.974 bits per heavy atom. The molecular formula is C30H31N5O4. The molecule has 3 aromatic carbocycles. The van der Waals surface area contributed by atoms with E-state index in [2.05, 4.69) is 44.8 Å². The molecule has 5 aromatic rings. The van der Waals surface area contributed by atoms with Crippen LogP contribution < -0.4 is 14.8 Å². The molecule has 0 bridgehead atoms. The number of nitrogens with zero attached hydrogens (tertiary/aromatic N) is 2. The fourth-order valence-electron chi connectivity index (χ4n) is 5.02. The first-order valence-electron chi connectivity index (χ1n) is 12.8. The van der Waals surface area contributed by atoms with Gasteiger partial charge >= 0.3 is 0 Å². The lowest BCUT2D eigenvalue weighted by molar-refractivity contribution is -0.134. The summed E-state index contributed by atoms with van der Waals surface area (Å²) < 4.78 is 11.6. The zero-order valence-corrected chi connectivity index (χ0v) is 21.9. The summed E-state index contributed by atoms with van der Waals surface area (Å²) in [6.45, 7) is 2.98. The number of piperidine rings is 1. The van der Waals surface area contributed by atoms with Crippen molar-refractivity contribution in [3.8, 4) is 28.4 Å². The standard InChI is InChI=1S/C28H27N5O2.C2H4O2/c1-34-25-4-2-3-5-26(25)35-22-10-11-23-24(16-22)33-27(32-23)28(12-14-29-15-13-28)21-8-6-19(7-9-21)20-17-30-31-18-20;1-2(3)4/h2-11,16-18,29H,12-15H2,1H3,(H,30,31)(H,32,33);1H3,(H,3,4). The van der Waals surface area contributed by atoms with Gasteiger partial charge in [0, 0.05) is 24.8 Å². The summed E-state index contributed by atoms with van der Waals surface area (Å²) in [4.78, 5) is 17.7. The third-order valence-corrected chi connectivity index (χ3v) is 6.93. The van der Waals surface area contributed by atoms with Gasteiger partial charge in [0.25, 0.3) is 5.97 Å². The molecule has 9 nitrogen and oxygen atoms in total. The van der Waals surface area contributed by atoms with Crippen molar-refractivity contribution in [1.82, 2.24) is 25.5 Å². The van der Waals surface area contributed by atoms with E-state index >= 15 is 0 Å². The van der Waals surface area contributed by atoms with E-state index in [0.717, 1.165) is 66.6 Å². The predicted octanol–water partition coefficient (Wildman–Crippen LogP) is 5.51. The van der Waals surface area contributed by atoms with Crippen LogP contribution in [0.3, 0.4) is 0 Å². The zero-order valence-electron chi connectivity index (χ0n) is 21.9. The normalized spacial score (nSPS) is 14.3. The number of carboxylic acids is 1. The third kappa shape index (κ3) is 5.63. The van der Waals surface area contributed by atoms with Crippen LogP contribution in [0.1, 0.15) is 31.2 Å². The molecule has 0 aliphatic carbocycles. The number of hydrogen-bond donors (Lipinski definition) is 4. The number of H-pyrrole nitrogens is 2. The van der Waals surface area contributed by atoms with Gasteiger partial charge in [-0.2, -0.15) is 5.10 Å². The third-order valence-electron chi connectivity index (χ3n) is 6.93. The van der Waals surface area contributed by atoms with Gasteiger partial charge in [-0.3, -0.25) is 9.89 Å². The van der Waals surface area contributed by atoms with Crippen LogP contribution in [0.25, 0.3) is 22.2 Å². The van der Waals surface area contributed by atoms with E-state index < -0.39 is 5.97 Å². The molecule has 1 aliphatic heterocycles. The van der Waals surface area contributed by atoms with E-state index in [9.17, 15) is 0 Å². The van der Waals surface area contributed by atoms with E-state index in [-0.39, 0.29) is 5.41 Å². The molecular weight excluding hydrogens is 494 g/mol. The number of aromatic amines is 2. The number of methoxy groups -OCH3 is 1. The maximum atomic E-state index is 9.00. The Labute approximate surface area is 226 Å². The average Bonchev–Trinajstić information content (AvgIpc) is 3.64. The molecule has 0 saturated carbocycles. The second kappa shape index (κ2) is 11.4. The van der Waals surface area contributed by atoms with Crippen LogP contribution in [0.4, 0.5) is 0 Å². The number of fused-ring (bicyclic) bond motifs is 1. The van der Waals surface area contributed by atoms with Crippen molar-refractivity contribution in [2.24, 2.45) is 0 Å². The SMILES string of the molecule is CC(=O)O.COc1ccccc1Oc1ccc2nc(C3(c4ccc(-c5cn[nH]c5)cc4)CCNCC3)[nH]c2c1. The first-order chi connectivity index (χ1) is 19.0. The molecule has 1 saturated heterocycles. The number of rotatable bonds is 6. The Bertz CT molecular complexity index is 1530. The number of para-hydroxylation sites is 2. The predicted molar refractivity (Wildman–Crippen MR) is 149 cm³/mol. The molecule has 0 amide bonds. The number of nitrogens with one attached hydrogen (secondary N) is 3. The first kappa shape index (κ1) is 26.0. The molecule has 39 heavy (non-hydrogen) atoms. The van der Waals surface area contributed by atoms with Gasteiger partial charge in [-0.15, -0.1) is 0 Å². The van der Waals surface area contributed by atoms with Gasteiger partial charge in [-0.05, 0) is 61.3 Å². The maximum absolute atomic E-state index is 9.00. The largest absolute Gasteiger partial charge is 0.493 e.